The number of aryl methyl sites for hydroxylation is 1. The first-order chi connectivity index (χ1) is 46.3. The third-order valence-corrected chi connectivity index (χ3v) is 18.2. The predicted molar refractivity (Wildman–Crippen MR) is 373 cm³/mol. The molecule has 0 N–H and O–H groups in total. The molecule has 458 valence electrons. The van der Waals surface area contributed by atoms with Crippen molar-refractivity contribution in [3.63, 3.8) is 0 Å². The number of ketones is 4. The average molecular weight is 1240 g/mol. The maximum absolute atomic E-state index is 12.7. The molecule has 9 aromatic carbocycles. The van der Waals surface area contributed by atoms with Crippen LogP contribution in [-0.2, 0) is 31.6 Å². The van der Waals surface area contributed by atoms with E-state index in [-0.39, 0.29) is 28.5 Å². The van der Waals surface area contributed by atoms with Gasteiger partial charge in [0.25, 0.3) is 0 Å². The molecule has 8 heteroatoms. The minimum Gasteiger partial charge on any atom is -0.288 e. The van der Waals surface area contributed by atoms with Crippen LogP contribution >= 0.6 is 0 Å². The monoisotopic (exact) mass is 1230 g/mol. The number of rotatable bonds is 9. The Labute approximate surface area is 554 Å². The molecule has 8 nitrogen and oxygen atoms in total. The second-order valence-electron chi connectivity index (χ2n) is 25.7. The zero-order chi connectivity index (χ0) is 65.2. The summed E-state index contributed by atoms with van der Waals surface area (Å²) in [5, 5.41) is 0. The summed E-state index contributed by atoms with van der Waals surface area (Å²) in [6.45, 7) is 12.1. The van der Waals surface area contributed by atoms with Crippen LogP contribution in [-0.4, -0.2) is 23.1 Å². The summed E-state index contributed by atoms with van der Waals surface area (Å²) in [6.07, 6.45) is 7.90. The average Bonchev–Trinajstić information content (AvgIpc) is 1.69. The molecule has 0 atom stereocenters. The summed E-state index contributed by atoms with van der Waals surface area (Å²) in [5.74, 6) is 0.277. The topological polar surface area (TPSA) is 83.8 Å². The van der Waals surface area contributed by atoms with Gasteiger partial charge in [-0.25, -0.2) is 0 Å². The van der Waals surface area contributed by atoms with Crippen LogP contribution in [0.2, 0.25) is 0 Å². The number of carbonyl (C=O) groups is 4. The highest BCUT2D eigenvalue weighted by Gasteiger charge is 2.32. The van der Waals surface area contributed by atoms with Crippen LogP contribution in [0, 0.1) is 6.92 Å². The second-order valence-corrected chi connectivity index (χ2v) is 25.7. The van der Waals surface area contributed by atoms with Crippen molar-refractivity contribution in [1.29, 1.82) is 0 Å². The van der Waals surface area contributed by atoms with Gasteiger partial charge < -0.3 is 0 Å². The molecule has 0 radical (unpaired) electrons. The standard InChI is InChI=1S/C25H18NO.C23H22NO.C20H16NO.C19H14NO/c27-25(19-9-5-2-6-10-19)21-12-14-24-23-13-11-20(18-7-3-1-4-8-18)15-22(23)17-26(24)16-21;1-23(2,3)19-10-11-20-18(13-19)15-24-14-17(9-12-21(20)24)22(25)16-7-5-4-6-8-16;1-14-7-9-18-17(11-14)13-21-12-16(8-10-19(18)21)20(22)15-5-3-2-4-6-15;21-19(14-6-2-1-3-7-14)16-10-11-18-17-9-5-4-8-15(17)12-20(18)13-16/h1-16H,17H2;4-14H,15H2,1-3H3;2-12H,13H2,1H3;1-11,13H,12H2/q4*+1. The largest absolute Gasteiger partial charge is 0.288 e. The van der Waals surface area contributed by atoms with Crippen LogP contribution in [0.3, 0.4) is 0 Å². The highest BCUT2D eigenvalue weighted by Crippen LogP contribution is 2.35. The Bertz CT molecular complexity index is 5120. The molecule has 4 aromatic heterocycles. The zero-order valence-corrected chi connectivity index (χ0v) is 53.6. The van der Waals surface area contributed by atoms with E-state index < -0.39 is 0 Å². The molecule has 0 fully saturated rings. The number of hydrogen-bond donors (Lipinski definition) is 0. The lowest BCUT2D eigenvalue weighted by molar-refractivity contribution is -0.672. The Morgan fingerprint density at radius 1 is 0.274 bits per heavy atom. The third-order valence-electron chi connectivity index (χ3n) is 18.2. The Kier molecular flexibility index (Phi) is 16.7. The summed E-state index contributed by atoms with van der Waals surface area (Å²) in [4.78, 5) is 50.5. The molecule has 13 aromatic rings. The van der Waals surface area contributed by atoms with Crippen molar-refractivity contribution in [2.45, 2.75) is 59.3 Å². The van der Waals surface area contributed by atoms with Gasteiger partial charge in [0.2, 0.25) is 22.8 Å². The molecule has 8 heterocycles. The van der Waals surface area contributed by atoms with E-state index in [4.69, 9.17) is 0 Å². The zero-order valence-electron chi connectivity index (χ0n) is 53.6. The van der Waals surface area contributed by atoms with Crippen LogP contribution in [0.15, 0.2) is 304 Å². The van der Waals surface area contributed by atoms with Crippen LogP contribution in [0.1, 0.15) is 118 Å². The molecule has 0 amide bonds. The van der Waals surface area contributed by atoms with Gasteiger partial charge in [-0.1, -0.05) is 214 Å². The number of fused-ring (bicyclic) bond motifs is 12. The van der Waals surface area contributed by atoms with Crippen molar-refractivity contribution in [3.05, 3.63) is 382 Å². The van der Waals surface area contributed by atoms with Crippen molar-refractivity contribution in [2.75, 3.05) is 0 Å². The molecule has 0 spiro atoms. The van der Waals surface area contributed by atoms with Gasteiger partial charge in [-0.15, -0.1) is 0 Å². The fourth-order valence-electron chi connectivity index (χ4n) is 13.2. The number of benzene rings is 9. The molecule has 0 unspecified atom stereocenters. The van der Waals surface area contributed by atoms with E-state index in [9.17, 15) is 19.2 Å². The molecule has 0 aliphatic carbocycles. The first-order valence-corrected chi connectivity index (χ1v) is 32.3. The van der Waals surface area contributed by atoms with Crippen molar-refractivity contribution >= 4 is 23.1 Å². The maximum atomic E-state index is 12.7. The van der Waals surface area contributed by atoms with Crippen molar-refractivity contribution in [3.8, 4) is 56.2 Å². The molecule has 0 bridgehead atoms. The number of carbonyl (C=O) groups excluding carboxylic acids is 4. The summed E-state index contributed by atoms with van der Waals surface area (Å²) >= 11 is 0. The molecular weight excluding hydrogens is 1160 g/mol. The number of nitrogens with zero attached hydrogens (tertiary/aromatic N) is 4. The van der Waals surface area contributed by atoms with E-state index in [1.165, 1.54) is 83.8 Å². The summed E-state index contributed by atoms with van der Waals surface area (Å²) < 4.78 is 8.68. The first-order valence-electron chi connectivity index (χ1n) is 32.3. The summed E-state index contributed by atoms with van der Waals surface area (Å²) in [6, 6.07) is 92.4. The van der Waals surface area contributed by atoms with Gasteiger partial charge in [0.15, 0.2) is 74.1 Å². The minimum absolute atomic E-state index is 0.0619. The van der Waals surface area contributed by atoms with Crippen molar-refractivity contribution in [1.82, 2.24) is 0 Å². The van der Waals surface area contributed by atoms with Crippen molar-refractivity contribution in [2.24, 2.45) is 0 Å². The molecule has 0 saturated heterocycles. The van der Waals surface area contributed by atoms with Gasteiger partial charge in [-0.05, 0) is 95.8 Å². The van der Waals surface area contributed by atoms with Gasteiger partial charge in [0.1, 0.15) is 0 Å². The number of hydrogen-bond acceptors (Lipinski definition) is 4. The van der Waals surface area contributed by atoms with Gasteiger partial charge in [-0.2, -0.15) is 18.3 Å². The Balaban J connectivity index is 0.000000110. The fourth-order valence-corrected chi connectivity index (χ4v) is 13.2. The normalized spacial score (nSPS) is 12.0. The highest BCUT2D eigenvalue weighted by molar-refractivity contribution is 6.10. The Morgan fingerprint density at radius 3 is 0.989 bits per heavy atom. The van der Waals surface area contributed by atoms with Crippen LogP contribution in [0.5, 0.6) is 0 Å². The van der Waals surface area contributed by atoms with Crippen LogP contribution in [0.25, 0.3) is 56.2 Å². The minimum atomic E-state index is 0.0619. The van der Waals surface area contributed by atoms with Gasteiger partial charge >= 0.3 is 0 Å². The highest BCUT2D eigenvalue weighted by atomic mass is 16.1. The van der Waals surface area contributed by atoms with Crippen LogP contribution in [0.4, 0.5) is 0 Å². The number of pyridine rings is 4. The lowest BCUT2D eigenvalue weighted by atomic mass is 9.85. The molecular formula is C87H70N4O4+4. The predicted octanol–water partition coefficient (Wildman–Crippen LogP) is 16.2. The van der Waals surface area contributed by atoms with Crippen LogP contribution < -0.4 is 18.3 Å². The lowest BCUT2D eigenvalue weighted by Crippen LogP contribution is -2.33. The van der Waals surface area contributed by atoms with E-state index >= 15 is 0 Å². The fraction of sp³-hybridized carbons (Fsp3) is 0.103. The van der Waals surface area contributed by atoms with E-state index in [0.717, 1.165) is 76.4 Å². The van der Waals surface area contributed by atoms with Crippen molar-refractivity contribution < 1.29 is 37.4 Å². The van der Waals surface area contributed by atoms with E-state index in [0.29, 0.717) is 0 Å². The molecule has 95 heavy (non-hydrogen) atoms. The summed E-state index contributed by atoms with van der Waals surface area (Å²) in [5.41, 5.74) is 26.0. The van der Waals surface area contributed by atoms with Gasteiger partial charge in [-0.3, -0.25) is 19.2 Å². The smallest absolute Gasteiger partial charge is 0.213 e. The molecule has 4 aliphatic rings. The Hall–Kier alpha value is -11.7. The van der Waals surface area contributed by atoms with E-state index in [1.54, 1.807) is 0 Å². The number of aromatic nitrogens is 4. The SMILES string of the molecule is CC(C)(C)c1ccc2c(c1)C[n+]1cc(C(=O)c3ccccc3)ccc1-2.Cc1ccc2c(c1)C[n+]1cc(C(=O)c3ccccc3)ccc1-2.O=C(c1ccccc1)c1ccc2[n+](c1)Cc1cc(-c3ccccc3)ccc1-2.O=C(c1ccccc1)c1ccc2[n+](c1)Cc1ccccc1-2. The lowest BCUT2D eigenvalue weighted by Gasteiger charge is -2.19. The van der Waals surface area contributed by atoms with E-state index in [2.05, 4.69) is 167 Å². The third kappa shape index (κ3) is 12.7. The maximum Gasteiger partial charge on any atom is 0.213 e. The van der Waals surface area contributed by atoms with Gasteiger partial charge in [0, 0.05) is 68.8 Å². The van der Waals surface area contributed by atoms with E-state index in [1.807, 2.05) is 183 Å². The summed E-state index contributed by atoms with van der Waals surface area (Å²) in [7, 11) is 0. The Morgan fingerprint density at radius 2 is 0.589 bits per heavy atom. The quantitative estimate of drug-likeness (QED) is 0.106. The first kappa shape index (κ1) is 60.8. The molecule has 0 saturated carbocycles. The molecule has 4 aliphatic heterocycles. The molecule has 17 rings (SSSR count). The van der Waals surface area contributed by atoms with Gasteiger partial charge in [0.05, 0.1) is 44.5 Å². The second kappa shape index (κ2) is 26.1.